The zero-order valence-corrected chi connectivity index (χ0v) is 9.80. The van der Waals surface area contributed by atoms with E-state index >= 15 is 0 Å². The number of imide groups is 1. The van der Waals surface area contributed by atoms with E-state index in [1.54, 1.807) is 0 Å². The number of nitrogens with zero attached hydrogens (tertiary/aromatic N) is 1. The van der Waals surface area contributed by atoms with Crippen LogP contribution in [0.15, 0.2) is 0 Å². The number of urea groups is 1. The van der Waals surface area contributed by atoms with E-state index in [9.17, 15) is 9.59 Å². The van der Waals surface area contributed by atoms with Crippen molar-refractivity contribution in [1.29, 1.82) is 0 Å². The Bertz CT molecular complexity index is 207. The molecule has 0 heterocycles. The molecule has 0 aliphatic carbocycles. The first-order valence-electron chi connectivity index (χ1n) is 5.32. The molecule has 5 heteroatoms. The van der Waals surface area contributed by atoms with E-state index in [-0.39, 0.29) is 18.5 Å². The molecule has 0 aromatic heterocycles. The standard InChI is InChI=1S/C10H21N3O2/c1-4-5-6-7-12-8-9(14)13(3)10(15)11-2/h12H,4-8H2,1-3H3,(H,11,15). The van der Waals surface area contributed by atoms with Crippen LogP contribution in [-0.4, -0.2) is 44.0 Å². The van der Waals surface area contributed by atoms with E-state index < -0.39 is 0 Å². The topological polar surface area (TPSA) is 61.4 Å². The predicted molar refractivity (Wildman–Crippen MR) is 59.6 cm³/mol. The largest absolute Gasteiger partial charge is 0.341 e. The minimum Gasteiger partial charge on any atom is -0.341 e. The number of amides is 3. The van der Waals surface area contributed by atoms with Gasteiger partial charge in [0.05, 0.1) is 6.54 Å². The number of carbonyl (C=O) groups excluding carboxylic acids is 2. The summed E-state index contributed by atoms with van der Waals surface area (Å²) in [5.41, 5.74) is 0. The second-order valence-electron chi connectivity index (χ2n) is 3.39. The lowest BCUT2D eigenvalue weighted by molar-refractivity contribution is -0.126. The highest BCUT2D eigenvalue weighted by atomic mass is 16.2. The van der Waals surface area contributed by atoms with Crippen molar-refractivity contribution in [2.75, 3.05) is 27.2 Å². The lowest BCUT2D eigenvalue weighted by atomic mass is 10.2. The number of likely N-dealkylation sites (N-methyl/N-ethyl adjacent to an activating group) is 1. The fourth-order valence-corrected chi connectivity index (χ4v) is 1.09. The van der Waals surface area contributed by atoms with E-state index in [1.165, 1.54) is 14.1 Å². The summed E-state index contributed by atoms with van der Waals surface area (Å²) in [5.74, 6) is -0.217. The molecule has 0 radical (unpaired) electrons. The molecule has 0 spiro atoms. The van der Waals surface area contributed by atoms with Crippen LogP contribution in [0.25, 0.3) is 0 Å². The molecule has 0 saturated carbocycles. The van der Waals surface area contributed by atoms with Gasteiger partial charge in [0, 0.05) is 14.1 Å². The van der Waals surface area contributed by atoms with Crippen LogP contribution in [0.4, 0.5) is 4.79 Å². The van der Waals surface area contributed by atoms with Gasteiger partial charge in [0.15, 0.2) is 0 Å². The van der Waals surface area contributed by atoms with Crippen molar-refractivity contribution >= 4 is 11.9 Å². The minimum atomic E-state index is -0.379. The monoisotopic (exact) mass is 215 g/mol. The zero-order valence-electron chi connectivity index (χ0n) is 9.80. The first-order chi connectivity index (χ1) is 7.13. The molecule has 0 bridgehead atoms. The zero-order chi connectivity index (χ0) is 11.7. The minimum absolute atomic E-state index is 0.216. The Morgan fingerprint density at radius 2 is 1.93 bits per heavy atom. The number of carbonyl (C=O) groups is 2. The van der Waals surface area contributed by atoms with Crippen LogP contribution < -0.4 is 10.6 Å². The molecular weight excluding hydrogens is 194 g/mol. The fraction of sp³-hybridized carbons (Fsp3) is 0.800. The van der Waals surface area contributed by atoms with Crippen LogP contribution >= 0.6 is 0 Å². The van der Waals surface area contributed by atoms with E-state index in [2.05, 4.69) is 17.6 Å². The van der Waals surface area contributed by atoms with Gasteiger partial charge in [-0.1, -0.05) is 19.8 Å². The highest BCUT2D eigenvalue weighted by molar-refractivity contribution is 5.94. The third-order valence-corrected chi connectivity index (χ3v) is 2.13. The molecule has 15 heavy (non-hydrogen) atoms. The lowest BCUT2D eigenvalue weighted by Gasteiger charge is -2.14. The lowest BCUT2D eigenvalue weighted by Crippen LogP contribution is -2.43. The molecule has 0 aromatic carbocycles. The number of nitrogens with one attached hydrogen (secondary N) is 2. The summed E-state index contributed by atoms with van der Waals surface area (Å²) in [4.78, 5) is 23.5. The molecule has 0 unspecified atom stereocenters. The van der Waals surface area contributed by atoms with Crippen molar-refractivity contribution in [1.82, 2.24) is 15.5 Å². The molecule has 2 N–H and O–H groups in total. The molecule has 0 fully saturated rings. The Morgan fingerprint density at radius 3 is 2.47 bits per heavy atom. The predicted octanol–water partition coefficient (Wildman–Crippen LogP) is 0.564. The Balaban J connectivity index is 3.60. The Labute approximate surface area is 91.2 Å². The first-order valence-corrected chi connectivity index (χ1v) is 5.32. The average Bonchev–Trinajstić information content (AvgIpc) is 2.26. The van der Waals surface area contributed by atoms with Gasteiger partial charge in [-0.25, -0.2) is 4.79 Å². The maximum atomic E-state index is 11.4. The van der Waals surface area contributed by atoms with Crippen molar-refractivity contribution in [3.05, 3.63) is 0 Å². The molecular formula is C10H21N3O2. The third kappa shape index (κ3) is 6.06. The van der Waals surface area contributed by atoms with Crippen molar-refractivity contribution in [2.24, 2.45) is 0 Å². The molecule has 0 saturated heterocycles. The number of rotatable bonds is 6. The maximum Gasteiger partial charge on any atom is 0.323 e. The van der Waals surface area contributed by atoms with E-state index in [1.807, 2.05) is 0 Å². The van der Waals surface area contributed by atoms with E-state index in [4.69, 9.17) is 0 Å². The van der Waals surface area contributed by atoms with Crippen LogP contribution in [0.1, 0.15) is 26.2 Å². The van der Waals surface area contributed by atoms with Gasteiger partial charge in [-0.05, 0) is 13.0 Å². The number of hydrogen-bond acceptors (Lipinski definition) is 3. The van der Waals surface area contributed by atoms with Crippen LogP contribution in [0.5, 0.6) is 0 Å². The van der Waals surface area contributed by atoms with Gasteiger partial charge in [-0.2, -0.15) is 0 Å². The van der Waals surface area contributed by atoms with Gasteiger partial charge < -0.3 is 10.6 Å². The summed E-state index contributed by atoms with van der Waals surface area (Å²) in [7, 11) is 2.97. The Morgan fingerprint density at radius 1 is 1.27 bits per heavy atom. The van der Waals surface area contributed by atoms with Crippen molar-refractivity contribution in [2.45, 2.75) is 26.2 Å². The molecule has 0 aliphatic heterocycles. The number of hydrogen-bond donors (Lipinski definition) is 2. The summed E-state index contributed by atoms with van der Waals surface area (Å²) in [6.45, 7) is 3.17. The summed E-state index contributed by atoms with van der Waals surface area (Å²) in [5, 5.41) is 5.40. The molecule has 0 atom stereocenters. The van der Waals surface area contributed by atoms with Gasteiger partial charge in [0.25, 0.3) is 0 Å². The first kappa shape index (κ1) is 13.9. The molecule has 0 aromatic rings. The van der Waals surface area contributed by atoms with E-state index in [0.717, 1.165) is 30.7 Å². The Hall–Kier alpha value is -1.10. The second-order valence-corrected chi connectivity index (χ2v) is 3.39. The van der Waals surface area contributed by atoms with E-state index in [0.29, 0.717) is 0 Å². The van der Waals surface area contributed by atoms with Crippen LogP contribution in [0.2, 0.25) is 0 Å². The maximum absolute atomic E-state index is 11.4. The average molecular weight is 215 g/mol. The van der Waals surface area contributed by atoms with Crippen molar-refractivity contribution in [3.63, 3.8) is 0 Å². The molecule has 5 nitrogen and oxygen atoms in total. The summed E-state index contributed by atoms with van der Waals surface area (Å²) in [6.07, 6.45) is 3.38. The normalized spacial score (nSPS) is 9.80. The summed E-state index contributed by atoms with van der Waals surface area (Å²) >= 11 is 0. The van der Waals surface area contributed by atoms with Gasteiger partial charge in [0.2, 0.25) is 5.91 Å². The van der Waals surface area contributed by atoms with Crippen LogP contribution in [-0.2, 0) is 4.79 Å². The quantitative estimate of drug-likeness (QED) is 0.637. The molecule has 0 rings (SSSR count). The smallest absolute Gasteiger partial charge is 0.323 e. The van der Waals surface area contributed by atoms with Crippen molar-refractivity contribution < 1.29 is 9.59 Å². The fourth-order valence-electron chi connectivity index (χ4n) is 1.09. The summed E-state index contributed by atoms with van der Waals surface area (Å²) < 4.78 is 0. The van der Waals surface area contributed by atoms with Crippen LogP contribution in [0, 0.1) is 0 Å². The van der Waals surface area contributed by atoms with Gasteiger partial charge >= 0.3 is 6.03 Å². The number of unbranched alkanes of at least 4 members (excludes halogenated alkanes) is 2. The SMILES string of the molecule is CCCCCNCC(=O)N(C)C(=O)NC. The highest BCUT2D eigenvalue weighted by Gasteiger charge is 2.13. The van der Waals surface area contributed by atoms with Crippen LogP contribution in [0.3, 0.4) is 0 Å². The van der Waals surface area contributed by atoms with Gasteiger partial charge in [-0.15, -0.1) is 0 Å². The highest BCUT2D eigenvalue weighted by Crippen LogP contribution is 1.91. The van der Waals surface area contributed by atoms with Gasteiger partial charge in [0.1, 0.15) is 0 Å². The second kappa shape index (κ2) is 8.23. The molecule has 0 aliphatic rings. The third-order valence-electron chi connectivity index (χ3n) is 2.13. The molecule has 88 valence electrons. The van der Waals surface area contributed by atoms with Gasteiger partial charge in [-0.3, -0.25) is 9.69 Å². The molecule has 3 amide bonds. The summed E-state index contributed by atoms with van der Waals surface area (Å²) in [6, 6.07) is -0.379. The Kier molecular flexibility index (Phi) is 7.62. The van der Waals surface area contributed by atoms with Crippen molar-refractivity contribution in [3.8, 4) is 0 Å².